The van der Waals surface area contributed by atoms with Gasteiger partial charge in [0, 0.05) is 6.54 Å². The number of hydrogen-bond donors (Lipinski definition) is 2. The quantitative estimate of drug-likeness (QED) is 0.772. The van der Waals surface area contributed by atoms with Crippen molar-refractivity contribution in [3.05, 3.63) is 35.9 Å². The van der Waals surface area contributed by atoms with E-state index in [1.54, 1.807) is 30.3 Å². The van der Waals surface area contributed by atoms with E-state index < -0.39 is 16.4 Å². The minimum atomic E-state index is -3.82. The molecular weight excluding hydrogens is 207 g/mol. The standard InChI is InChI=1S/C8H11FN2O2S/c9-8(6-11-14(10,12)13)7-4-2-1-3-5-7/h1-5,8,11H,6H2,(H2,10,12,13). The summed E-state index contributed by atoms with van der Waals surface area (Å²) in [6, 6.07) is 8.27. The highest BCUT2D eigenvalue weighted by Crippen LogP contribution is 2.15. The second-order valence-electron chi connectivity index (χ2n) is 2.77. The molecule has 0 aliphatic heterocycles. The Morgan fingerprint density at radius 1 is 1.36 bits per heavy atom. The van der Waals surface area contributed by atoms with Crippen molar-refractivity contribution in [3.8, 4) is 0 Å². The van der Waals surface area contributed by atoms with Crippen molar-refractivity contribution in [2.45, 2.75) is 6.17 Å². The Labute approximate surface area is 82.1 Å². The summed E-state index contributed by atoms with van der Waals surface area (Å²) in [5, 5.41) is 4.66. The van der Waals surface area contributed by atoms with Crippen LogP contribution in [0.1, 0.15) is 11.7 Å². The van der Waals surface area contributed by atoms with E-state index >= 15 is 0 Å². The summed E-state index contributed by atoms with van der Waals surface area (Å²) in [5.41, 5.74) is 0.420. The van der Waals surface area contributed by atoms with Crippen molar-refractivity contribution in [2.24, 2.45) is 5.14 Å². The van der Waals surface area contributed by atoms with Crippen LogP contribution in [0.4, 0.5) is 4.39 Å². The minimum absolute atomic E-state index is 0.344. The predicted octanol–water partition coefficient (Wildman–Crippen LogP) is 0.490. The van der Waals surface area contributed by atoms with Crippen LogP contribution in [-0.2, 0) is 10.2 Å². The Bertz CT molecular complexity index is 380. The minimum Gasteiger partial charge on any atom is -0.241 e. The third kappa shape index (κ3) is 3.82. The monoisotopic (exact) mass is 218 g/mol. The van der Waals surface area contributed by atoms with E-state index in [0.29, 0.717) is 5.56 Å². The molecule has 78 valence electrons. The Morgan fingerprint density at radius 3 is 2.43 bits per heavy atom. The molecular formula is C8H11FN2O2S. The summed E-state index contributed by atoms with van der Waals surface area (Å²) in [6.07, 6.45) is -1.38. The number of hydrogen-bond acceptors (Lipinski definition) is 2. The molecule has 0 radical (unpaired) electrons. The highest BCUT2D eigenvalue weighted by atomic mass is 32.2. The van der Waals surface area contributed by atoms with E-state index in [4.69, 9.17) is 0 Å². The molecule has 1 unspecified atom stereocenters. The van der Waals surface area contributed by atoms with Crippen LogP contribution in [0, 0.1) is 0 Å². The zero-order chi connectivity index (χ0) is 10.6. The molecule has 4 nitrogen and oxygen atoms in total. The van der Waals surface area contributed by atoms with E-state index in [0.717, 1.165) is 0 Å². The number of alkyl halides is 1. The van der Waals surface area contributed by atoms with Crippen LogP contribution in [-0.4, -0.2) is 15.0 Å². The van der Waals surface area contributed by atoms with E-state index in [2.05, 4.69) is 5.14 Å². The first kappa shape index (κ1) is 11.1. The normalized spacial score (nSPS) is 13.9. The van der Waals surface area contributed by atoms with E-state index in [1.165, 1.54) is 0 Å². The molecule has 0 amide bonds. The molecule has 0 saturated heterocycles. The molecule has 0 bridgehead atoms. The molecule has 0 saturated carbocycles. The van der Waals surface area contributed by atoms with Gasteiger partial charge in [-0.3, -0.25) is 0 Å². The van der Waals surface area contributed by atoms with Gasteiger partial charge in [-0.05, 0) is 5.56 Å². The van der Waals surface area contributed by atoms with Crippen LogP contribution >= 0.6 is 0 Å². The van der Waals surface area contributed by atoms with Gasteiger partial charge in [-0.1, -0.05) is 30.3 Å². The number of rotatable bonds is 4. The van der Waals surface area contributed by atoms with Crippen LogP contribution in [0.25, 0.3) is 0 Å². The molecule has 0 aromatic heterocycles. The second-order valence-corrected chi connectivity index (χ2v) is 4.15. The molecule has 3 N–H and O–H groups in total. The fourth-order valence-electron chi connectivity index (χ4n) is 0.969. The van der Waals surface area contributed by atoms with Crippen molar-refractivity contribution in [1.29, 1.82) is 0 Å². The summed E-state index contributed by atoms with van der Waals surface area (Å²) in [6.45, 7) is -0.344. The van der Waals surface area contributed by atoms with Gasteiger partial charge in [-0.2, -0.15) is 13.1 Å². The van der Waals surface area contributed by atoms with Crippen LogP contribution in [0.3, 0.4) is 0 Å². The van der Waals surface area contributed by atoms with Gasteiger partial charge in [-0.15, -0.1) is 0 Å². The predicted molar refractivity (Wildman–Crippen MR) is 51.4 cm³/mol. The topological polar surface area (TPSA) is 72.2 Å². The molecule has 1 rings (SSSR count). The SMILES string of the molecule is NS(=O)(=O)NCC(F)c1ccccc1. The van der Waals surface area contributed by atoms with Gasteiger partial charge in [0.05, 0.1) is 0 Å². The van der Waals surface area contributed by atoms with Crippen molar-refractivity contribution >= 4 is 10.2 Å². The van der Waals surface area contributed by atoms with Gasteiger partial charge >= 0.3 is 0 Å². The molecule has 0 fully saturated rings. The number of halogens is 1. The van der Waals surface area contributed by atoms with Crippen molar-refractivity contribution in [1.82, 2.24) is 4.72 Å². The molecule has 0 aliphatic rings. The first-order chi connectivity index (χ1) is 6.49. The summed E-state index contributed by atoms with van der Waals surface area (Å²) in [5.74, 6) is 0. The lowest BCUT2D eigenvalue weighted by atomic mass is 10.1. The van der Waals surface area contributed by atoms with Crippen LogP contribution in [0.2, 0.25) is 0 Å². The zero-order valence-corrected chi connectivity index (χ0v) is 8.17. The van der Waals surface area contributed by atoms with Gasteiger partial charge in [0.1, 0.15) is 6.17 Å². The average Bonchev–Trinajstić information content (AvgIpc) is 2.14. The molecule has 1 aromatic carbocycles. The maximum Gasteiger partial charge on any atom is 0.274 e. The molecule has 1 aromatic rings. The van der Waals surface area contributed by atoms with Gasteiger partial charge in [0.25, 0.3) is 10.2 Å². The summed E-state index contributed by atoms with van der Waals surface area (Å²) in [4.78, 5) is 0. The Hall–Kier alpha value is -0.980. The fourth-order valence-corrected chi connectivity index (χ4v) is 1.35. The van der Waals surface area contributed by atoms with Gasteiger partial charge < -0.3 is 0 Å². The molecule has 0 heterocycles. The molecule has 1 atom stereocenters. The largest absolute Gasteiger partial charge is 0.274 e. The number of nitrogens with two attached hydrogens (primary N) is 1. The smallest absolute Gasteiger partial charge is 0.241 e. The lowest BCUT2D eigenvalue weighted by Crippen LogP contribution is -2.33. The van der Waals surface area contributed by atoms with Crippen LogP contribution in [0.5, 0.6) is 0 Å². The Balaban J connectivity index is 2.56. The average molecular weight is 218 g/mol. The fraction of sp³-hybridized carbons (Fsp3) is 0.250. The highest BCUT2D eigenvalue weighted by molar-refractivity contribution is 7.87. The number of benzene rings is 1. The van der Waals surface area contributed by atoms with E-state index in [1.807, 2.05) is 4.72 Å². The first-order valence-electron chi connectivity index (χ1n) is 3.95. The maximum absolute atomic E-state index is 13.3. The van der Waals surface area contributed by atoms with Gasteiger partial charge in [-0.25, -0.2) is 9.53 Å². The zero-order valence-electron chi connectivity index (χ0n) is 7.35. The summed E-state index contributed by atoms with van der Waals surface area (Å²) >= 11 is 0. The molecule has 14 heavy (non-hydrogen) atoms. The number of nitrogens with one attached hydrogen (secondary N) is 1. The third-order valence-corrected chi connectivity index (χ3v) is 2.19. The lowest BCUT2D eigenvalue weighted by molar-refractivity contribution is 0.343. The molecule has 0 spiro atoms. The second kappa shape index (κ2) is 4.50. The van der Waals surface area contributed by atoms with Crippen molar-refractivity contribution < 1.29 is 12.8 Å². The third-order valence-electron chi connectivity index (χ3n) is 1.62. The summed E-state index contributed by atoms with van der Waals surface area (Å²) in [7, 11) is -3.82. The summed E-state index contributed by atoms with van der Waals surface area (Å²) < 4.78 is 36.1. The Morgan fingerprint density at radius 2 is 1.93 bits per heavy atom. The van der Waals surface area contributed by atoms with Crippen molar-refractivity contribution in [2.75, 3.05) is 6.54 Å². The van der Waals surface area contributed by atoms with E-state index in [9.17, 15) is 12.8 Å². The van der Waals surface area contributed by atoms with E-state index in [-0.39, 0.29) is 6.54 Å². The molecule has 6 heteroatoms. The molecule has 0 aliphatic carbocycles. The van der Waals surface area contributed by atoms with Crippen LogP contribution in [0.15, 0.2) is 30.3 Å². The van der Waals surface area contributed by atoms with Gasteiger partial charge in [0.15, 0.2) is 0 Å². The lowest BCUT2D eigenvalue weighted by Gasteiger charge is -2.07. The van der Waals surface area contributed by atoms with Crippen LogP contribution < -0.4 is 9.86 Å². The highest BCUT2D eigenvalue weighted by Gasteiger charge is 2.11. The first-order valence-corrected chi connectivity index (χ1v) is 5.50. The van der Waals surface area contributed by atoms with Crippen molar-refractivity contribution in [3.63, 3.8) is 0 Å². The Kier molecular flexibility index (Phi) is 3.56. The van der Waals surface area contributed by atoms with Gasteiger partial charge in [0.2, 0.25) is 0 Å². The maximum atomic E-state index is 13.3.